The van der Waals surface area contributed by atoms with Gasteiger partial charge in [-0.3, -0.25) is 15.6 Å². The van der Waals surface area contributed by atoms with E-state index in [4.69, 9.17) is 12.2 Å². The minimum absolute atomic E-state index is 0.253. The average Bonchev–Trinajstić information content (AvgIpc) is 2.69. The summed E-state index contributed by atoms with van der Waals surface area (Å²) in [7, 11) is 0. The van der Waals surface area contributed by atoms with E-state index in [1.165, 1.54) is 0 Å². The maximum absolute atomic E-state index is 12.0. The van der Waals surface area contributed by atoms with Crippen LogP contribution in [0.2, 0.25) is 0 Å². The van der Waals surface area contributed by atoms with Crippen LogP contribution in [0.1, 0.15) is 10.4 Å². The van der Waals surface area contributed by atoms with E-state index in [9.17, 15) is 4.79 Å². The molecule has 0 saturated carbocycles. The fraction of sp³-hybridized carbons (Fsp3) is 0. The van der Waals surface area contributed by atoms with E-state index in [0.29, 0.717) is 10.7 Å². The average molecular weight is 362 g/mol. The fourth-order valence-electron chi connectivity index (χ4n) is 2.26. The third-order valence-electron chi connectivity index (χ3n) is 3.53. The highest BCUT2D eigenvalue weighted by molar-refractivity contribution is 7.80. The first kappa shape index (κ1) is 17.4. The van der Waals surface area contributed by atoms with Gasteiger partial charge in [0, 0.05) is 22.6 Å². The van der Waals surface area contributed by atoms with Gasteiger partial charge in [0.2, 0.25) is 0 Å². The lowest BCUT2D eigenvalue weighted by atomic mass is 10.2. The van der Waals surface area contributed by atoms with Gasteiger partial charge in [-0.2, -0.15) is 0 Å². The number of anilines is 3. The molecule has 0 bridgehead atoms. The zero-order chi connectivity index (χ0) is 18.2. The number of hydrazine groups is 1. The van der Waals surface area contributed by atoms with E-state index >= 15 is 0 Å². The molecule has 3 aromatic rings. The molecule has 130 valence electrons. The molecule has 6 heteroatoms. The molecule has 3 aromatic carbocycles. The number of carbonyl (C=O) groups is 1. The van der Waals surface area contributed by atoms with Crippen molar-refractivity contribution in [3.8, 4) is 0 Å². The molecule has 0 atom stereocenters. The Hall–Kier alpha value is -3.38. The Balaban J connectivity index is 1.49. The first-order valence-corrected chi connectivity index (χ1v) is 8.46. The summed E-state index contributed by atoms with van der Waals surface area (Å²) in [6.45, 7) is 0. The predicted molar refractivity (Wildman–Crippen MR) is 109 cm³/mol. The van der Waals surface area contributed by atoms with Gasteiger partial charge in [-0.1, -0.05) is 36.4 Å². The summed E-state index contributed by atoms with van der Waals surface area (Å²) in [5.74, 6) is -0.253. The smallest absolute Gasteiger partial charge is 0.269 e. The molecule has 0 aliphatic carbocycles. The SMILES string of the molecule is O=C(NNC(=S)Nc1ccc(Nc2ccccc2)cc1)c1ccccc1. The lowest BCUT2D eigenvalue weighted by Crippen LogP contribution is -2.43. The molecule has 0 spiro atoms. The van der Waals surface area contributed by atoms with Crippen LogP contribution in [0.25, 0.3) is 0 Å². The van der Waals surface area contributed by atoms with Crippen molar-refractivity contribution in [3.05, 3.63) is 90.5 Å². The van der Waals surface area contributed by atoms with Crippen molar-refractivity contribution in [2.75, 3.05) is 10.6 Å². The molecule has 4 N–H and O–H groups in total. The number of hydrogen-bond donors (Lipinski definition) is 4. The Morgan fingerprint density at radius 1 is 0.654 bits per heavy atom. The molecule has 0 saturated heterocycles. The Labute approximate surface area is 157 Å². The van der Waals surface area contributed by atoms with Crippen molar-refractivity contribution in [2.24, 2.45) is 0 Å². The van der Waals surface area contributed by atoms with Gasteiger partial charge < -0.3 is 10.6 Å². The van der Waals surface area contributed by atoms with Crippen molar-refractivity contribution < 1.29 is 4.79 Å². The number of nitrogens with one attached hydrogen (secondary N) is 4. The zero-order valence-corrected chi connectivity index (χ0v) is 14.7. The second kappa shape index (κ2) is 8.64. The highest BCUT2D eigenvalue weighted by Crippen LogP contribution is 2.18. The number of benzene rings is 3. The Morgan fingerprint density at radius 2 is 1.19 bits per heavy atom. The Morgan fingerprint density at radius 3 is 1.85 bits per heavy atom. The second-order valence-electron chi connectivity index (χ2n) is 5.47. The number of carbonyl (C=O) groups excluding carboxylic acids is 1. The number of para-hydroxylation sites is 1. The van der Waals surface area contributed by atoms with Crippen molar-refractivity contribution in [1.29, 1.82) is 0 Å². The molecule has 5 nitrogen and oxygen atoms in total. The number of hydrogen-bond acceptors (Lipinski definition) is 3. The van der Waals surface area contributed by atoms with E-state index in [1.807, 2.05) is 60.7 Å². The lowest BCUT2D eigenvalue weighted by Gasteiger charge is -2.12. The summed E-state index contributed by atoms with van der Waals surface area (Å²) in [6.07, 6.45) is 0. The number of amides is 1. The standard InChI is InChI=1S/C20H18N4OS/c25-19(15-7-3-1-4-8-15)23-24-20(26)22-18-13-11-17(12-14-18)21-16-9-5-2-6-10-16/h1-14,21H,(H,23,25)(H2,22,24,26). The van der Waals surface area contributed by atoms with E-state index in [-0.39, 0.29) is 5.91 Å². The predicted octanol–water partition coefficient (Wildman–Crippen LogP) is 4.06. The van der Waals surface area contributed by atoms with Crippen molar-refractivity contribution in [3.63, 3.8) is 0 Å². The van der Waals surface area contributed by atoms with Crippen LogP contribution in [0.5, 0.6) is 0 Å². The van der Waals surface area contributed by atoms with Crippen LogP contribution in [0.15, 0.2) is 84.9 Å². The second-order valence-corrected chi connectivity index (χ2v) is 5.88. The van der Waals surface area contributed by atoms with Crippen molar-refractivity contribution in [2.45, 2.75) is 0 Å². The fourth-order valence-corrected chi connectivity index (χ4v) is 2.43. The molecule has 26 heavy (non-hydrogen) atoms. The van der Waals surface area contributed by atoms with Gasteiger partial charge in [-0.15, -0.1) is 0 Å². The van der Waals surface area contributed by atoms with Crippen LogP contribution in [0, 0.1) is 0 Å². The van der Waals surface area contributed by atoms with Crippen molar-refractivity contribution in [1.82, 2.24) is 10.9 Å². The maximum Gasteiger partial charge on any atom is 0.269 e. The number of thiocarbonyl (C=S) groups is 1. The third kappa shape index (κ3) is 5.06. The summed E-state index contributed by atoms with van der Waals surface area (Å²) in [5.41, 5.74) is 8.61. The molecular formula is C20H18N4OS. The van der Waals surface area contributed by atoms with Crippen LogP contribution in [-0.2, 0) is 0 Å². The van der Waals surface area contributed by atoms with Gasteiger partial charge >= 0.3 is 0 Å². The molecule has 0 aliphatic heterocycles. The molecule has 0 aromatic heterocycles. The summed E-state index contributed by atoms with van der Waals surface area (Å²) >= 11 is 5.19. The molecule has 0 fully saturated rings. The molecular weight excluding hydrogens is 344 g/mol. The molecule has 0 heterocycles. The van der Waals surface area contributed by atoms with Crippen LogP contribution in [-0.4, -0.2) is 11.0 Å². The minimum atomic E-state index is -0.253. The summed E-state index contributed by atoms with van der Waals surface area (Å²) in [5, 5.41) is 6.63. The third-order valence-corrected chi connectivity index (χ3v) is 3.73. The summed E-state index contributed by atoms with van der Waals surface area (Å²) < 4.78 is 0. The molecule has 0 aliphatic rings. The van der Waals surface area contributed by atoms with E-state index in [2.05, 4.69) is 21.5 Å². The molecule has 0 radical (unpaired) electrons. The summed E-state index contributed by atoms with van der Waals surface area (Å²) in [4.78, 5) is 12.0. The normalized spacial score (nSPS) is 9.85. The van der Waals surface area contributed by atoms with Crippen LogP contribution < -0.4 is 21.5 Å². The lowest BCUT2D eigenvalue weighted by molar-refractivity contribution is 0.0944. The van der Waals surface area contributed by atoms with E-state index < -0.39 is 0 Å². The van der Waals surface area contributed by atoms with Gasteiger partial charge in [-0.25, -0.2) is 0 Å². The van der Waals surface area contributed by atoms with Gasteiger partial charge in [0.05, 0.1) is 0 Å². The molecule has 0 unspecified atom stereocenters. The van der Waals surface area contributed by atoms with Gasteiger partial charge in [0.25, 0.3) is 5.91 Å². The quantitative estimate of drug-likeness (QED) is 0.416. The van der Waals surface area contributed by atoms with Gasteiger partial charge in [0.15, 0.2) is 5.11 Å². The van der Waals surface area contributed by atoms with E-state index in [0.717, 1.165) is 17.1 Å². The Bertz CT molecular complexity index is 867. The zero-order valence-electron chi connectivity index (χ0n) is 13.9. The van der Waals surface area contributed by atoms with Crippen LogP contribution in [0.3, 0.4) is 0 Å². The van der Waals surface area contributed by atoms with E-state index in [1.54, 1.807) is 24.3 Å². The highest BCUT2D eigenvalue weighted by Gasteiger charge is 2.04. The monoisotopic (exact) mass is 362 g/mol. The van der Waals surface area contributed by atoms with Crippen LogP contribution >= 0.6 is 12.2 Å². The first-order valence-electron chi connectivity index (χ1n) is 8.05. The highest BCUT2D eigenvalue weighted by atomic mass is 32.1. The van der Waals surface area contributed by atoms with Crippen LogP contribution in [0.4, 0.5) is 17.1 Å². The topological polar surface area (TPSA) is 65.2 Å². The van der Waals surface area contributed by atoms with Gasteiger partial charge in [-0.05, 0) is 60.7 Å². The minimum Gasteiger partial charge on any atom is -0.356 e. The first-order chi connectivity index (χ1) is 12.7. The largest absolute Gasteiger partial charge is 0.356 e. The molecule has 3 rings (SSSR count). The maximum atomic E-state index is 12.0. The Kier molecular flexibility index (Phi) is 5.80. The number of rotatable bonds is 4. The van der Waals surface area contributed by atoms with Gasteiger partial charge in [0.1, 0.15) is 0 Å². The summed E-state index contributed by atoms with van der Waals surface area (Å²) in [6, 6.07) is 26.5. The molecule has 1 amide bonds. The van der Waals surface area contributed by atoms with Crippen molar-refractivity contribution >= 4 is 40.3 Å².